The van der Waals surface area contributed by atoms with Gasteiger partial charge in [-0.1, -0.05) is 46.6 Å². The van der Waals surface area contributed by atoms with Gasteiger partial charge in [0.1, 0.15) is 17.5 Å². The molecule has 31 heavy (non-hydrogen) atoms. The van der Waals surface area contributed by atoms with Crippen LogP contribution in [0.2, 0.25) is 5.02 Å². The average Bonchev–Trinajstić information content (AvgIpc) is 2.72. The first-order valence-corrected chi connectivity index (χ1v) is 11.2. The predicted octanol–water partition coefficient (Wildman–Crippen LogP) is 4.82. The van der Waals surface area contributed by atoms with Crippen molar-refractivity contribution in [1.29, 1.82) is 0 Å². The van der Waals surface area contributed by atoms with Gasteiger partial charge in [-0.2, -0.15) is 0 Å². The van der Waals surface area contributed by atoms with Crippen LogP contribution in [0.4, 0.5) is 0 Å². The summed E-state index contributed by atoms with van der Waals surface area (Å²) in [6.07, 6.45) is 0.472. The number of nitrogens with one attached hydrogen (secondary N) is 1. The molecule has 0 saturated heterocycles. The Balaban J connectivity index is 2.23. The van der Waals surface area contributed by atoms with Crippen LogP contribution in [0, 0.1) is 0 Å². The van der Waals surface area contributed by atoms with Gasteiger partial charge in [0.2, 0.25) is 5.91 Å². The molecule has 2 aromatic rings. The molecule has 168 valence electrons. The molecule has 2 amide bonds. The second-order valence-electron chi connectivity index (χ2n) is 7.32. The molecule has 1 unspecified atom stereocenters. The molecule has 0 radical (unpaired) electrons. The lowest BCUT2D eigenvalue weighted by molar-refractivity contribution is -0.143. The van der Waals surface area contributed by atoms with E-state index in [0.717, 1.165) is 15.8 Å². The maximum Gasteiger partial charge on any atom is 0.261 e. The molecule has 2 rings (SSSR count). The van der Waals surface area contributed by atoms with Crippen molar-refractivity contribution < 1.29 is 19.1 Å². The van der Waals surface area contributed by atoms with E-state index in [-0.39, 0.29) is 31.0 Å². The zero-order chi connectivity index (χ0) is 23.0. The Kier molecular flexibility index (Phi) is 9.65. The molecular formula is C23H28BrClN2O4. The van der Waals surface area contributed by atoms with Gasteiger partial charge in [-0.05, 0) is 56.2 Å². The number of methoxy groups -OCH3 is 1. The van der Waals surface area contributed by atoms with Crippen LogP contribution >= 0.6 is 27.5 Å². The highest BCUT2D eigenvalue weighted by atomic mass is 79.9. The van der Waals surface area contributed by atoms with Crippen LogP contribution in [0.5, 0.6) is 11.5 Å². The minimum atomic E-state index is -0.624. The normalized spacial score (nSPS) is 11.7. The highest BCUT2D eigenvalue weighted by Gasteiger charge is 2.29. The molecule has 0 aliphatic rings. The lowest BCUT2D eigenvalue weighted by Gasteiger charge is -2.31. The quantitative estimate of drug-likeness (QED) is 0.496. The van der Waals surface area contributed by atoms with Crippen LogP contribution in [-0.4, -0.2) is 42.5 Å². The largest absolute Gasteiger partial charge is 0.497 e. The number of ether oxygens (including phenoxy) is 2. The summed E-state index contributed by atoms with van der Waals surface area (Å²) < 4.78 is 11.7. The third-order valence-corrected chi connectivity index (χ3v) is 5.36. The van der Waals surface area contributed by atoms with Gasteiger partial charge in [0.25, 0.3) is 5.91 Å². The van der Waals surface area contributed by atoms with Gasteiger partial charge in [-0.3, -0.25) is 9.59 Å². The summed E-state index contributed by atoms with van der Waals surface area (Å²) in [4.78, 5) is 27.5. The summed E-state index contributed by atoms with van der Waals surface area (Å²) in [5.74, 6) is 0.628. The second kappa shape index (κ2) is 12.0. The summed E-state index contributed by atoms with van der Waals surface area (Å²) in [6.45, 7) is 5.69. The van der Waals surface area contributed by atoms with Crippen molar-refractivity contribution in [2.24, 2.45) is 0 Å². The maximum absolute atomic E-state index is 13.2. The minimum absolute atomic E-state index is 0.0303. The fourth-order valence-electron chi connectivity index (χ4n) is 3.04. The number of carbonyl (C=O) groups is 2. The number of hydrogen-bond acceptors (Lipinski definition) is 4. The number of amides is 2. The number of nitrogens with zero attached hydrogens (tertiary/aromatic N) is 1. The van der Waals surface area contributed by atoms with Crippen molar-refractivity contribution in [3.8, 4) is 11.5 Å². The van der Waals surface area contributed by atoms with Crippen LogP contribution in [0.15, 0.2) is 46.9 Å². The molecule has 0 aliphatic carbocycles. The van der Waals surface area contributed by atoms with E-state index in [2.05, 4.69) is 21.2 Å². The molecule has 0 fully saturated rings. The molecule has 6 nitrogen and oxygen atoms in total. The smallest absolute Gasteiger partial charge is 0.261 e. The summed E-state index contributed by atoms with van der Waals surface area (Å²) >= 11 is 9.53. The van der Waals surface area contributed by atoms with Gasteiger partial charge in [0, 0.05) is 17.1 Å². The molecule has 0 heterocycles. The molecule has 1 N–H and O–H groups in total. The van der Waals surface area contributed by atoms with E-state index in [9.17, 15) is 9.59 Å². The van der Waals surface area contributed by atoms with E-state index in [1.807, 2.05) is 45.0 Å². The summed E-state index contributed by atoms with van der Waals surface area (Å²) in [6, 6.07) is 11.9. The van der Waals surface area contributed by atoms with Crippen molar-refractivity contribution in [2.45, 2.75) is 45.8 Å². The minimum Gasteiger partial charge on any atom is -0.497 e. The Morgan fingerprint density at radius 2 is 1.84 bits per heavy atom. The van der Waals surface area contributed by atoms with Gasteiger partial charge >= 0.3 is 0 Å². The number of hydrogen-bond donors (Lipinski definition) is 1. The molecule has 2 aromatic carbocycles. The zero-order valence-electron chi connectivity index (χ0n) is 18.2. The third kappa shape index (κ3) is 7.43. The van der Waals surface area contributed by atoms with Gasteiger partial charge in [-0.25, -0.2) is 0 Å². The van der Waals surface area contributed by atoms with Crippen molar-refractivity contribution in [2.75, 3.05) is 13.7 Å². The Morgan fingerprint density at radius 1 is 1.16 bits per heavy atom. The summed E-state index contributed by atoms with van der Waals surface area (Å²) in [5, 5.41) is 3.30. The van der Waals surface area contributed by atoms with E-state index in [1.165, 1.54) is 0 Å². The SMILES string of the molecule is CCC(C(=O)NC(C)C)N(Cc1ccc(OC)cc1)C(=O)COc1ccc(Br)cc1Cl. The fraction of sp³-hybridized carbons (Fsp3) is 0.391. The van der Waals surface area contributed by atoms with Crippen LogP contribution < -0.4 is 14.8 Å². The first-order valence-electron chi connectivity index (χ1n) is 10.1. The first-order chi connectivity index (χ1) is 14.7. The van der Waals surface area contributed by atoms with Crippen molar-refractivity contribution >= 4 is 39.3 Å². The lowest BCUT2D eigenvalue weighted by Crippen LogP contribution is -2.51. The first kappa shape index (κ1) is 25.0. The third-order valence-electron chi connectivity index (χ3n) is 4.57. The summed E-state index contributed by atoms with van der Waals surface area (Å²) in [7, 11) is 1.60. The summed E-state index contributed by atoms with van der Waals surface area (Å²) in [5.41, 5.74) is 0.881. The van der Waals surface area contributed by atoms with Crippen molar-refractivity contribution in [3.63, 3.8) is 0 Å². The van der Waals surface area contributed by atoms with E-state index < -0.39 is 6.04 Å². The molecule has 8 heteroatoms. The Bertz CT molecular complexity index is 890. The predicted molar refractivity (Wildman–Crippen MR) is 126 cm³/mol. The topological polar surface area (TPSA) is 67.9 Å². The Hall–Kier alpha value is -2.25. The van der Waals surface area contributed by atoms with Gasteiger partial charge in [-0.15, -0.1) is 0 Å². The monoisotopic (exact) mass is 510 g/mol. The highest BCUT2D eigenvalue weighted by Crippen LogP contribution is 2.28. The van der Waals surface area contributed by atoms with Gasteiger partial charge < -0.3 is 19.7 Å². The molecule has 0 saturated carbocycles. The molecule has 0 aliphatic heterocycles. The average molecular weight is 512 g/mol. The standard InChI is InChI=1S/C23H28BrClN2O4/c1-5-20(23(29)26-15(2)3)27(13-16-6-9-18(30-4)10-7-16)22(28)14-31-21-11-8-17(24)12-19(21)25/h6-12,15,20H,5,13-14H2,1-4H3,(H,26,29). The van der Waals surface area contributed by atoms with Crippen LogP contribution in [0.3, 0.4) is 0 Å². The van der Waals surface area contributed by atoms with Crippen LogP contribution in [0.25, 0.3) is 0 Å². The Morgan fingerprint density at radius 3 is 2.39 bits per heavy atom. The molecule has 0 bridgehead atoms. The highest BCUT2D eigenvalue weighted by molar-refractivity contribution is 9.10. The fourth-order valence-corrected chi connectivity index (χ4v) is 3.77. The molecule has 1 atom stereocenters. The maximum atomic E-state index is 13.2. The molecular weight excluding hydrogens is 484 g/mol. The van der Waals surface area contributed by atoms with Crippen LogP contribution in [0.1, 0.15) is 32.8 Å². The number of carbonyl (C=O) groups excluding carboxylic acids is 2. The van der Waals surface area contributed by atoms with E-state index in [4.69, 9.17) is 21.1 Å². The Labute approximate surface area is 197 Å². The second-order valence-corrected chi connectivity index (χ2v) is 8.64. The van der Waals surface area contributed by atoms with Crippen LogP contribution in [-0.2, 0) is 16.1 Å². The van der Waals surface area contributed by atoms with Gasteiger partial charge in [0.15, 0.2) is 6.61 Å². The van der Waals surface area contributed by atoms with E-state index >= 15 is 0 Å². The number of benzene rings is 2. The van der Waals surface area contributed by atoms with Crippen molar-refractivity contribution in [1.82, 2.24) is 10.2 Å². The lowest BCUT2D eigenvalue weighted by atomic mass is 10.1. The van der Waals surface area contributed by atoms with Crippen molar-refractivity contribution in [3.05, 3.63) is 57.5 Å². The van der Waals surface area contributed by atoms with Gasteiger partial charge in [0.05, 0.1) is 12.1 Å². The van der Waals surface area contributed by atoms with E-state index in [1.54, 1.807) is 30.2 Å². The van der Waals surface area contributed by atoms with E-state index in [0.29, 0.717) is 17.2 Å². The molecule has 0 spiro atoms. The molecule has 0 aromatic heterocycles. The zero-order valence-corrected chi connectivity index (χ0v) is 20.5. The number of halogens is 2. The number of rotatable bonds is 10.